The van der Waals surface area contributed by atoms with Crippen molar-refractivity contribution in [2.45, 2.75) is 32.0 Å². The molecule has 1 N–H and O–H groups in total. The summed E-state index contributed by atoms with van der Waals surface area (Å²) in [6.45, 7) is 5.42. The van der Waals surface area contributed by atoms with Gasteiger partial charge in [-0.25, -0.2) is 4.98 Å². The van der Waals surface area contributed by atoms with Crippen molar-refractivity contribution < 1.29 is 9.53 Å². The molecular weight excluding hydrogens is 352 g/mol. The van der Waals surface area contributed by atoms with Crippen molar-refractivity contribution in [2.24, 2.45) is 0 Å². The van der Waals surface area contributed by atoms with Crippen molar-refractivity contribution in [3.8, 4) is 0 Å². The molecule has 0 saturated carbocycles. The van der Waals surface area contributed by atoms with E-state index in [0.717, 1.165) is 24.9 Å². The Morgan fingerprint density at radius 3 is 2.85 bits per heavy atom. The van der Waals surface area contributed by atoms with E-state index in [-0.39, 0.29) is 18.5 Å². The van der Waals surface area contributed by atoms with E-state index < -0.39 is 0 Å². The summed E-state index contributed by atoms with van der Waals surface area (Å²) < 4.78 is 5.78. The Bertz CT molecular complexity index is 769. The first-order valence-electron chi connectivity index (χ1n) is 8.50. The summed E-state index contributed by atoms with van der Waals surface area (Å²) in [6, 6.07) is 9.57. The summed E-state index contributed by atoms with van der Waals surface area (Å²) in [4.78, 5) is 22.6. The van der Waals surface area contributed by atoms with Gasteiger partial charge in [-0.05, 0) is 25.0 Å². The first-order chi connectivity index (χ1) is 12.6. The number of halogens is 1. The highest BCUT2D eigenvalue weighted by molar-refractivity contribution is 6.29. The van der Waals surface area contributed by atoms with E-state index in [9.17, 15) is 4.79 Å². The molecule has 6 nitrogen and oxygen atoms in total. The molecule has 0 spiro atoms. The second-order valence-corrected chi connectivity index (χ2v) is 6.39. The summed E-state index contributed by atoms with van der Waals surface area (Å²) in [5.41, 5.74) is 1.61. The number of carbonyl (C=O) groups is 1. The number of rotatable bonds is 7. The largest absolute Gasteiger partial charge is 0.475 e. The third-order valence-corrected chi connectivity index (χ3v) is 4.59. The van der Waals surface area contributed by atoms with Gasteiger partial charge >= 0.3 is 0 Å². The zero-order valence-electron chi connectivity index (χ0n) is 14.4. The number of hydrogen-bond donors (Lipinski definition) is 1. The molecule has 0 radical (unpaired) electrons. The van der Waals surface area contributed by atoms with E-state index in [1.807, 2.05) is 35.2 Å². The Morgan fingerprint density at radius 2 is 2.08 bits per heavy atom. The summed E-state index contributed by atoms with van der Waals surface area (Å²) in [6.07, 6.45) is 4.74. The molecular formula is C19H21ClN4O2. The van der Waals surface area contributed by atoms with Crippen LogP contribution in [0.3, 0.4) is 0 Å². The molecule has 0 bridgehead atoms. The van der Waals surface area contributed by atoms with Crippen LogP contribution in [0.25, 0.3) is 0 Å². The SMILES string of the molecule is C=C(OCc1ccccc1)N1CCCC1C(=O)NCc1nccnc1Cl. The zero-order chi connectivity index (χ0) is 18.4. The number of aromatic nitrogens is 2. The van der Waals surface area contributed by atoms with Gasteiger partial charge in [0.15, 0.2) is 11.0 Å². The minimum Gasteiger partial charge on any atom is -0.475 e. The highest BCUT2D eigenvalue weighted by atomic mass is 35.5. The van der Waals surface area contributed by atoms with E-state index in [4.69, 9.17) is 16.3 Å². The van der Waals surface area contributed by atoms with Gasteiger partial charge in [-0.2, -0.15) is 0 Å². The lowest BCUT2D eigenvalue weighted by Gasteiger charge is -2.27. The van der Waals surface area contributed by atoms with Crippen LogP contribution in [-0.2, 0) is 22.7 Å². The van der Waals surface area contributed by atoms with Gasteiger partial charge < -0.3 is 15.0 Å². The molecule has 26 heavy (non-hydrogen) atoms. The first kappa shape index (κ1) is 18.2. The van der Waals surface area contributed by atoms with Crippen molar-refractivity contribution in [3.63, 3.8) is 0 Å². The molecule has 2 heterocycles. The number of benzene rings is 1. The molecule has 1 aliphatic rings. The normalized spacial score (nSPS) is 16.3. The summed E-state index contributed by atoms with van der Waals surface area (Å²) in [5.74, 6) is 0.428. The highest BCUT2D eigenvalue weighted by Gasteiger charge is 2.32. The van der Waals surface area contributed by atoms with E-state index >= 15 is 0 Å². The molecule has 7 heteroatoms. The summed E-state index contributed by atoms with van der Waals surface area (Å²) in [5, 5.41) is 3.17. The Labute approximate surface area is 157 Å². The molecule has 1 aromatic heterocycles. The minimum atomic E-state index is -0.297. The maximum atomic E-state index is 12.6. The maximum Gasteiger partial charge on any atom is 0.243 e. The summed E-state index contributed by atoms with van der Waals surface area (Å²) >= 11 is 5.98. The summed E-state index contributed by atoms with van der Waals surface area (Å²) in [7, 11) is 0. The topological polar surface area (TPSA) is 67.3 Å². The van der Waals surface area contributed by atoms with Crippen molar-refractivity contribution >= 4 is 17.5 Å². The molecule has 136 valence electrons. The average molecular weight is 373 g/mol. The number of amides is 1. The van der Waals surface area contributed by atoms with E-state index in [1.165, 1.54) is 6.20 Å². The number of ether oxygens (including phenoxy) is 1. The maximum absolute atomic E-state index is 12.6. The first-order valence-corrected chi connectivity index (χ1v) is 8.88. The molecule has 1 fully saturated rings. The van der Waals surface area contributed by atoms with Crippen molar-refractivity contribution in [2.75, 3.05) is 6.54 Å². The van der Waals surface area contributed by atoms with E-state index in [1.54, 1.807) is 6.20 Å². The second-order valence-electron chi connectivity index (χ2n) is 6.03. The van der Waals surface area contributed by atoms with Crippen LogP contribution in [0, 0.1) is 0 Å². The van der Waals surface area contributed by atoms with Crippen LogP contribution in [0.4, 0.5) is 0 Å². The number of nitrogens with one attached hydrogen (secondary N) is 1. The van der Waals surface area contributed by atoms with Gasteiger partial charge in [0.05, 0.1) is 12.2 Å². The Balaban J connectivity index is 1.54. The lowest BCUT2D eigenvalue weighted by Crippen LogP contribution is -2.42. The molecule has 1 aliphatic heterocycles. The fourth-order valence-corrected chi connectivity index (χ4v) is 3.09. The fourth-order valence-electron chi connectivity index (χ4n) is 2.92. The van der Waals surface area contributed by atoms with Crippen LogP contribution in [-0.4, -0.2) is 33.4 Å². The number of nitrogens with zero attached hydrogens (tertiary/aromatic N) is 3. The number of likely N-dealkylation sites (tertiary alicyclic amines) is 1. The van der Waals surface area contributed by atoms with Crippen molar-refractivity contribution in [1.82, 2.24) is 20.2 Å². The van der Waals surface area contributed by atoms with Crippen LogP contribution >= 0.6 is 11.6 Å². The van der Waals surface area contributed by atoms with Gasteiger partial charge in [0.2, 0.25) is 5.91 Å². The quantitative estimate of drug-likeness (QED) is 0.757. The predicted molar refractivity (Wildman–Crippen MR) is 99.0 cm³/mol. The smallest absolute Gasteiger partial charge is 0.243 e. The van der Waals surface area contributed by atoms with Crippen molar-refractivity contribution in [1.29, 1.82) is 0 Å². The van der Waals surface area contributed by atoms with Gasteiger partial charge in [-0.3, -0.25) is 9.78 Å². The van der Waals surface area contributed by atoms with E-state index in [0.29, 0.717) is 23.3 Å². The molecule has 1 atom stereocenters. The minimum absolute atomic E-state index is 0.0892. The molecule has 0 aliphatic carbocycles. The van der Waals surface area contributed by atoms with Crippen LogP contribution in [0.2, 0.25) is 5.15 Å². The van der Waals surface area contributed by atoms with Gasteiger partial charge in [-0.1, -0.05) is 41.9 Å². The fraction of sp³-hybridized carbons (Fsp3) is 0.316. The van der Waals surface area contributed by atoms with Crippen LogP contribution in [0.15, 0.2) is 55.2 Å². The van der Waals surface area contributed by atoms with Gasteiger partial charge in [-0.15, -0.1) is 0 Å². The van der Waals surface area contributed by atoms with Crippen LogP contribution < -0.4 is 5.32 Å². The van der Waals surface area contributed by atoms with Crippen LogP contribution in [0.1, 0.15) is 24.1 Å². The predicted octanol–water partition coefficient (Wildman–Crippen LogP) is 2.90. The Hall–Kier alpha value is -2.60. The average Bonchev–Trinajstić information content (AvgIpc) is 3.16. The molecule has 1 unspecified atom stereocenters. The number of hydrogen-bond acceptors (Lipinski definition) is 5. The van der Waals surface area contributed by atoms with Crippen molar-refractivity contribution in [3.05, 3.63) is 71.6 Å². The standard InChI is InChI=1S/C19H21ClN4O2/c1-14(26-13-15-6-3-2-4-7-15)24-11-5-8-17(24)19(25)23-12-16-18(20)22-10-9-21-16/h2-4,6-7,9-10,17H,1,5,8,11-13H2,(H,23,25). The van der Waals surface area contributed by atoms with Gasteiger partial charge in [0.25, 0.3) is 0 Å². The molecule has 3 rings (SSSR count). The zero-order valence-corrected chi connectivity index (χ0v) is 15.2. The Morgan fingerprint density at radius 1 is 1.31 bits per heavy atom. The second kappa shape index (κ2) is 8.67. The molecule has 1 aromatic carbocycles. The van der Waals surface area contributed by atoms with Gasteiger partial charge in [0.1, 0.15) is 12.6 Å². The Kier molecular flexibility index (Phi) is 6.07. The lowest BCUT2D eigenvalue weighted by molar-refractivity contribution is -0.126. The monoisotopic (exact) mass is 372 g/mol. The third-order valence-electron chi connectivity index (χ3n) is 4.28. The lowest BCUT2D eigenvalue weighted by atomic mass is 10.2. The van der Waals surface area contributed by atoms with Crippen LogP contribution in [0.5, 0.6) is 0 Å². The van der Waals surface area contributed by atoms with E-state index in [2.05, 4.69) is 21.9 Å². The molecule has 1 saturated heterocycles. The highest BCUT2D eigenvalue weighted by Crippen LogP contribution is 2.23. The molecule has 1 amide bonds. The third kappa shape index (κ3) is 4.52. The number of carbonyl (C=O) groups excluding carboxylic acids is 1. The van der Waals surface area contributed by atoms with Gasteiger partial charge in [0, 0.05) is 18.9 Å². The molecule has 2 aromatic rings.